The standard InChI is InChI=1S/C13H24N4O/c1-9(13(2,3)4)15-11-7-10(14-5)16-12(17-11)8-18-6/h7,9H,8H2,1-6H3,(H2,14,15,16,17). The van der Waals surface area contributed by atoms with Crippen LogP contribution in [0.15, 0.2) is 6.07 Å². The van der Waals surface area contributed by atoms with Crippen LogP contribution in [0, 0.1) is 5.41 Å². The highest BCUT2D eigenvalue weighted by Gasteiger charge is 2.20. The van der Waals surface area contributed by atoms with Crippen molar-refractivity contribution in [1.82, 2.24) is 9.97 Å². The summed E-state index contributed by atoms with van der Waals surface area (Å²) in [5.41, 5.74) is 0.173. The summed E-state index contributed by atoms with van der Waals surface area (Å²) in [5.74, 6) is 2.29. The fraction of sp³-hybridized carbons (Fsp3) is 0.692. The zero-order valence-corrected chi connectivity index (χ0v) is 12.2. The van der Waals surface area contributed by atoms with Gasteiger partial charge in [0.25, 0.3) is 0 Å². The van der Waals surface area contributed by atoms with Crippen molar-refractivity contribution in [3.63, 3.8) is 0 Å². The van der Waals surface area contributed by atoms with Crippen molar-refractivity contribution < 1.29 is 4.74 Å². The van der Waals surface area contributed by atoms with E-state index in [-0.39, 0.29) is 5.41 Å². The summed E-state index contributed by atoms with van der Waals surface area (Å²) >= 11 is 0. The van der Waals surface area contributed by atoms with Gasteiger partial charge < -0.3 is 15.4 Å². The smallest absolute Gasteiger partial charge is 0.158 e. The van der Waals surface area contributed by atoms with E-state index in [9.17, 15) is 0 Å². The third-order valence-electron chi connectivity index (χ3n) is 2.97. The van der Waals surface area contributed by atoms with E-state index in [4.69, 9.17) is 4.74 Å². The first-order valence-electron chi connectivity index (χ1n) is 6.18. The van der Waals surface area contributed by atoms with Crippen LogP contribution >= 0.6 is 0 Å². The van der Waals surface area contributed by atoms with Crippen LogP contribution in [-0.2, 0) is 11.3 Å². The molecule has 102 valence electrons. The lowest BCUT2D eigenvalue weighted by Gasteiger charge is -2.28. The predicted octanol–water partition coefficient (Wildman–Crippen LogP) is 2.51. The molecule has 1 heterocycles. The number of hydrogen-bond acceptors (Lipinski definition) is 5. The van der Waals surface area contributed by atoms with Gasteiger partial charge in [-0.3, -0.25) is 0 Å². The summed E-state index contributed by atoms with van der Waals surface area (Å²) in [6, 6.07) is 2.22. The van der Waals surface area contributed by atoms with Crippen LogP contribution < -0.4 is 10.6 Å². The maximum atomic E-state index is 5.07. The largest absolute Gasteiger partial charge is 0.377 e. The van der Waals surface area contributed by atoms with E-state index in [1.165, 1.54) is 0 Å². The normalized spacial score (nSPS) is 13.2. The molecule has 0 aliphatic rings. The Labute approximate surface area is 109 Å². The van der Waals surface area contributed by atoms with Crippen molar-refractivity contribution in [1.29, 1.82) is 0 Å². The molecule has 1 rings (SSSR count). The molecule has 0 bridgehead atoms. The average molecular weight is 252 g/mol. The van der Waals surface area contributed by atoms with Gasteiger partial charge in [-0.1, -0.05) is 20.8 Å². The van der Waals surface area contributed by atoms with E-state index < -0.39 is 0 Å². The van der Waals surface area contributed by atoms with Gasteiger partial charge >= 0.3 is 0 Å². The molecule has 1 atom stereocenters. The Bertz CT molecular complexity index is 387. The second-order valence-electron chi connectivity index (χ2n) is 5.47. The summed E-state index contributed by atoms with van der Waals surface area (Å²) < 4.78 is 5.07. The van der Waals surface area contributed by atoms with Crippen LogP contribution in [0.5, 0.6) is 0 Å². The number of hydrogen-bond donors (Lipinski definition) is 2. The maximum Gasteiger partial charge on any atom is 0.158 e. The number of methoxy groups -OCH3 is 1. The summed E-state index contributed by atoms with van der Waals surface area (Å²) in [6.45, 7) is 9.15. The molecule has 0 aliphatic carbocycles. The van der Waals surface area contributed by atoms with Gasteiger partial charge in [-0.15, -0.1) is 0 Å². The molecule has 2 N–H and O–H groups in total. The molecule has 1 aromatic heterocycles. The number of nitrogens with zero attached hydrogens (tertiary/aromatic N) is 2. The van der Waals surface area contributed by atoms with Crippen molar-refractivity contribution in [2.24, 2.45) is 5.41 Å². The van der Waals surface area contributed by atoms with E-state index in [1.54, 1.807) is 7.11 Å². The van der Waals surface area contributed by atoms with Gasteiger partial charge in [0.2, 0.25) is 0 Å². The van der Waals surface area contributed by atoms with Gasteiger partial charge in [0.15, 0.2) is 5.82 Å². The molecule has 0 fully saturated rings. The van der Waals surface area contributed by atoms with E-state index in [0.29, 0.717) is 18.5 Å². The first-order chi connectivity index (χ1) is 8.36. The van der Waals surface area contributed by atoms with Gasteiger partial charge in [0.1, 0.15) is 18.2 Å². The molecule has 5 nitrogen and oxygen atoms in total. The number of ether oxygens (including phenoxy) is 1. The number of nitrogens with one attached hydrogen (secondary N) is 2. The molecule has 0 saturated carbocycles. The van der Waals surface area contributed by atoms with Crippen LogP contribution in [-0.4, -0.2) is 30.2 Å². The molecule has 0 aromatic carbocycles. The van der Waals surface area contributed by atoms with Crippen molar-refractivity contribution in [2.75, 3.05) is 24.8 Å². The van der Waals surface area contributed by atoms with Crippen molar-refractivity contribution in [3.8, 4) is 0 Å². The number of aromatic nitrogens is 2. The highest BCUT2D eigenvalue weighted by atomic mass is 16.5. The molecule has 0 aliphatic heterocycles. The van der Waals surface area contributed by atoms with Crippen molar-refractivity contribution in [3.05, 3.63) is 11.9 Å². The monoisotopic (exact) mass is 252 g/mol. The minimum Gasteiger partial charge on any atom is -0.377 e. The molecule has 18 heavy (non-hydrogen) atoms. The van der Waals surface area contributed by atoms with Crippen LogP contribution in [0.25, 0.3) is 0 Å². The first kappa shape index (κ1) is 14.7. The number of anilines is 2. The molecular formula is C13H24N4O. The van der Waals surface area contributed by atoms with E-state index in [1.807, 2.05) is 13.1 Å². The molecule has 0 radical (unpaired) electrons. The summed E-state index contributed by atoms with van der Waals surface area (Å²) in [6.07, 6.45) is 0. The molecule has 0 amide bonds. The topological polar surface area (TPSA) is 59.1 Å². The highest BCUT2D eigenvalue weighted by Crippen LogP contribution is 2.22. The Morgan fingerprint density at radius 1 is 1.28 bits per heavy atom. The van der Waals surface area contributed by atoms with Crippen molar-refractivity contribution >= 4 is 11.6 Å². The third kappa shape index (κ3) is 4.14. The van der Waals surface area contributed by atoms with Crippen LogP contribution in [0.4, 0.5) is 11.6 Å². The Balaban J connectivity index is 2.90. The minimum absolute atomic E-state index is 0.173. The fourth-order valence-electron chi connectivity index (χ4n) is 1.33. The second-order valence-corrected chi connectivity index (χ2v) is 5.47. The van der Waals surface area contributed by atoms with E-state index >= 15 is 0 Å². The zero-order valence-electron chi connectivity index (χ0n) is 12.2. The fourth-order valence-corrected chi connectivity index (χ4v) is 1.33. The van der Waals surface area contributed by atoms with E-state index in [0.717, 1.165) is 11.6 Å². The molecule has 1 aromatic rings. The Hall–Kier alpha value is -1.36. The van der Waals surface area contributed by atoms with Gasteiger partial charge in [-0.2, -0.15) is 0 Å². The average Bonchev–Trinajstić information content (AvgIpc) is 2.27. The van der Waals surface area contributed by atoms with E-state index in [2.05, 4.69) is 48.3 Å². The SMILES string of the molecule is CNc1cc(NC(C)C(C)(C)C)nc(COC)n1. The third-order valence-corrected chi connectivity index (χ3v) is 2.97. The Kier molecular flexibility index (Phi) is 4.90. The summed E-state index contributed by atoms with van der Waals surface area (Å²) in [4.78, 5) is 8.76. The summed E-state index contributed by atoms with van der Waals surface area (Å²) in [7, 11) is 3.48. The molecule has 0 saturated heterocycles. The Morgan fingerprint density at radius 3 is 2.39 bits per heavy atom. The Morgan fingerprint density at radius 2 is 1.89 bits per heavy atom. The van der Waals surface area contributed by atoms with Gasteiger partial charge in [0, 0.05) is 26.3 Å². The second kappa shape index (κ2) is 6.00. The van der Waals surface area contributed by atoms with Crippen LogP contribution in [0.2, 0.25) is 0 Å². The molecular weight excluding hydrogens is 228 g/mol. The highest BCUT2D eigenvalue weighted by molar-refractivity contribution is 5.47. The van der Waals surface area contributed by atoms with Crippen LogP contribution in [0.1, 0.15) is 33.5 Å². The zero-order chi connectivity index (χ0) is 13.8. The lowest BCUT2D eigenvalue weighted by Crippen LogP contribution is -2.31. The molecule has 1 unspecified atom stereocenters. The lowest BCUT2D eigenvalue weighted by atomic mass is 9.88. The lowest BCUT2D eigenvalue weighted by molar-refractivity contribution is 0.178. The van der Waals surface area contributed by atoms with Gasteiger partial charge in [-0.05, 0) is 12.3 Å². The van der Waals surface area contributed by atoms with Gasteiger partial charge in [-0.25, -0.2) is 9.97 Å². The van der Waals surface area contributed by atoms with Crippen molar-refractivity contribution in [2.45, 2.75) is 40.3 Å². The molecule has 0 spiro atoms. The maximum absolute atomic E-state index is 5.07. The molecule has 5 heteroatoms. The first-order valence-corrected chi connectivity index (χ1v) is 6.18. The number of rotatable bonds is 5. The minimum atomic E-state index is 0.173. The van der Waals surface area contributed by atoms with Crippen LogP contribution in [0.3, 0.4) is 0 Å². The quantitative estimate of drug-likeness (QED) is 0.843. The van der Waals surface area contributed by atoms with Gasteiger partial charge in [0.05, 0.1) is 0 Å². The summed E-state index contributed by atoms with van der Waals surface area (Å²) in [5, 5.41) is 6.44. The predicted molar refractivity (Wildman–Crippen MR) is 74.8 cm³/mol.